The summed E-state index contributed by atoms with van der Waals surface area (Å²) in [7, 11) is 0. The van der Waals surface area contributed by atoms with Gasteiger partial charge < -0.3 is 15.1 Å². The SMILES string of the molecule is O=C(CCc1cccc(N2CCCC2)c1)c1ccc(N2CCNCC2)cc1. The van der Waals surface area contributed by atoms with E-state index in [4.69, 9.17) is 0 Å². The number of ketones is 1. The number of anilines is 2. The Kier molecular flexibility index (Phi) is 5.73. The summed E-state index contributed by atoms with van der Waals surface area (Å²) in [6.07, 6.45) is 3.94. The lowest BCUT2D eigenvalue weighted by molar-refractivity contribution is 0.0983. The molecule has 0 spiro atoms. The molecule has 0 atom stereocenters. The molecule has 2 saturated heterocycles. The maximum Gasteiger partial charge on any atom is 0.163 e. The van der Waals surface area contributed by atoms with Gasteiger partial charge in [0.2, 0.25) is 0 Å². The van der Waals surface area contributed by atoms with Crippen LogP contribution in [-0.2, 0) is 6.42 Å². The lowest BCUT2D eigenvalue weighted by atomic mass is 10.0. The fourth-order valence-electron chi connectivity index (χ4n) is 4.07. The predicted octanol–water partition coefficient (Wildman–Crippen LogP) is 3.51. The Balaban J connectivity index is 1.34. The number of piperazine rings is 1. The van der Waals surface area contributed by atoms with E-state index >= 15 is 0 Å². The van der Waals surface area contributed by atoms with Crippen molar-refractivity contribution in [2.75, 3.05) is 49.1 Å². The van der Waals surface area contributed by atoms with Crippen molar-refractivity contribution in [3.8, 4) is 0 Å². The van der Waals surface area contributed by atoms with Gasteiger partial charge in [0, 0.05) is 62.6 Å². The van der Waals surface area contributed by atoms with Gasteiger partial charge in [0.25, 0.3) is 0 Å². The van der Waals surface area contributed by atoms with Gasteiger partial charge in [-0.15, -0.1) is 0 Å². The number of nitrogens with one attached hydrogen (secondary N) is 1. The van der Waals surface area contributed by atoms with Crippen molar-refractivity contribution in [2.45, 2.75) is 25.7 Å². The van der Waals surface area contributed by atoms with Crippen molar-refractivity contribution < 1.29 is 4.79 Å². The molecular formula is C23H29N3O. The first-order valence-electron chi connectivity index (χ1n) is 10.2. The topological polar surface area (TPSA) is 35.6 Å². The largest absolute Gasteiger partial charge is 0.372 e. The van der Waals surface area contributed by atoms with Gasteiger partial charge in [-0.25, -0.2) is 0 Å². The second kappa shape index (κ2) is 8.57. The predicted molar refractivity (Wildman–Crippen MR) is 112 cm³/mol. The van der Waals surface area contributed by atoms with Gasteiger partial charge >= 0.3 is 0 Å². The Morgan fingerprint density at radius 1 is 0.852 bits per heavy atom. The quantitative estimate of drug-likeness (QED) is 0.797. The summed E-state index contributed by atoms with van der Waals surface area (Å²) in [5.41, 5.74) is 4.60. The van der Waals surface area contributed by atoms with Gasteiger partial charge in [0.1, 0.15) is 0 Å². The molecule has 0 bridgehead atoms. The molecule has 0 radical (unpaired) electrons. The zero-order valence-corrected chi connectivity index (χ0v) is 16.0. The van der Waals surface area contributed by atoms with E-state index in [1.807, 2.05) is 12.1 Å². The molecule has 142 valence electrons. The highest BCUT2D eigenvalue weighted by molar-refractivity contribution is 5.96. The first-order chi connectivity index (χ1) is 13.3. The molecule has 2 aliphatic heterocycles. The van der Waals surface area contributed by atoms with Crippen LogP contribution in [-0.4, -0.2) is 45.1 Å². The van der Waals surface area contributed by atoms with Crippen LogP contribution in [0.25, 0.3) is 0 Å². The third kappa shape index (κ3) is 4.51. The summed E-state index contributed by atoms with van der Waals surface area (Å²) in [5, 5.41) is 3.37. The molecule has 2 aromatic rings. The Labute approximate surface area is 162 Å². The van der Waals surface area contributed by atoms with E-state index < -0.39 is 0 Å². The minimum absolute atomic E-state index is 0.230. The number of aryl methyl sites for hydroxylation is 1. The standard InChI is InChI=1S/C23H29N3O/c27-23(20-7-9-21(10-8-20)26-16-12-24-13-17-26)11-6-19-4-3-5-22(18-19)25-14-1-2-15-25/h3-5,7-10,18,24H,1-2,6,11-17H2. The number of carbonyl (C=O) groups is 1. The molecule has 0 saturated carbocycles. The second-order valence-electron chi connectivity index (χ2n) is 7.57. The minimum Gasteiger partial charge on any atom is -0.372 e. The van der Waals surface area contributed by atoms with Crippen LogP contribution < -0.4 is 15.1 Å². The molecule has 2 fully saturated rings. The average molecular weight is 364 g/mol. The molecule has 0 unspecified atom stereocenters. The highest BCUT2D eigenvalue weighted by Gasteiger charge is 2.14. The second-order valence-corrected chi connectivity index (χ2v) is 7.57. The number of hydrogen-bond donors (Lipinski definition) is 1. The van der Waals surface area contributed by atoms with Crippen LogP contribution in [0, 0.1) is 0 Å². The van der Waals surface area contributed by atoms with Crippen molar-refractivity contribution in [3.05, 3.63) is 59.7 Å². The van der Waals surface area contributed by atoms with Crippen LogP contribution in [0.4, 0.5) is 11.4 Å². The molecule has 0 amide bonds. The van der Waals surface area contributed by atoms with E-state index in [1.165, 1.54) is 29.8 Å². The molecule has 1 N–H and O–H groups in total. The van der Waals surface area contributed by atoms with Gasteiger partial charge in [-0.2, -0.15) is 0 Å². The van der Waals surface area contributed by atoms with Crippen LogP contribution in [0.5, 0.6) is 0 Å². The van der Waals surface area contributed by atoms with E-state index in [-0.39, 0.29) is 5.78 Å². The lowest BCUT2D eigenvalue weighted by Gasteiger charge is -2.29. The number of hydrogen-bond acceptors (Lipinski definition) is 4. The van der Waals surface area contributed by atoms with E-state index in [1.54, 1.807) is 0 Å². The fraction of sp³-hybridized carbons (Fsp3) is 0.435. The summed E-state index contributed by atoms with van der Waals surface area (Å²) >= 11 is 0. The van der Waals surface area contributed by atoms with Crippen molar-refractivity contribution in [2.24, 2.45) is 0 Å². The maximum absolute atomic E-state index is 12.6. The highest BCUT2D eigenvalue weighted by Crippen LogP contribution is 2.22. The summed E-state index contributed by atoms with van der Waals surface area (Å²) in [6.45, 7) is 6.42. The van der Waals surface area contributed by atoms with Crippen LogP contribution in [0.1, 0.15) is 35.2 Å². The first kappa shape index (κ1) is 18.1. The van der Waals surface area contributed by atoms with E-state index in [9.17, 15) is 4.79 Å². The van der Waals surface area contributed by atoms with E-state index in [2.05, 4.69) is 51.5 Å². The van der Waals surface area contributed by atoms with Crippen LogP contribution in [0.2, 0.25) is 0 Å². The number of rotatable bonds is 6. The third-order valence-electron chi connectivity index (χ3n) is 5.69. The normalized spacial score (nSPS) is 17.3. The third-order valence-corrected chi connectivity index (χ3v) is 5.69. The molecule has 27 heavy (non-hydrogen) atoms. The van der Waals surface area contributed by atoms with Crippen LogP contribution in [0.3, 0.4) is 0 Å². The Morgan fingerprint density at radius 2 is 1.56 bits per heavy atom. The van der Waals surface area contributed by atoms with E-state index in [0.29, 0.717) is 6.42 Å². The van der Waals surface area contributed by atoms with Crippen molar-refractivity contribution in [1.82, 2.24) is 5.32 Å². The number of Topliss-reactive ketones (excluding diaryl/α,β-unsaturated/α-hetero) is 1. The monoisotopic (exact) mass is 363 g/mol. The number of nitrogens with zero attached hydrogens (tertiary/aromatic N) is 2. The molecule has 0 aliphatic carbocycles. The van der Waals surface area contributed by atoms with E-state index in [0.717, 1.165) is 51.3 Å². The molecular weight excluding hydrogens is 334 g/mol. The number of benzene rings is 2. The summed E-state index contributed by atoms with van der Waals surface area (Å²) in [5.74, 6) is 0.230. The van der Waals surface area contributed by atoms with Crippen molar-refractivity contribution in [3.63, 3.8) is 0 Å². The fourth-order valence-corrected chi connectivity index (χ4v) is 4.07. The molecule has 2 heterocycles. The molecule has 4 rings (SSSR count). The summed E-state index contributed by atoms with van der Waals surface area (Å²) in [4.78, 5) is 17.4. The van der Waals surface area contributed by atoms with Crippen LogP contribution >= 0.6 is 0 Å². The molecule has 4 heteroatoms. The molecule has 4 nitrogen and oxygen atoms in total. The lowest BCUT2D eigenvalue weighted by Crippen LogP contribution is -2.43. The summed E-state index contributed by atoms with van der Waals surface area (Å²) < 4.78 is 0. The van der Waals surface area contributed by atoms with Gasteiger partial charge in [-0.1, -0.05) is 12.1 Å². The first-order valence-corrected chi connectivity index (χ1v) is 10.2. The zero-order valence-electron chi connectivity index (χ0n) is 16.0. The van der Waals surface area contributed by atoms with Gasteiger partial charge in [-0.3, -0.25) is 4.79 Å². The maximum atomic E-state index is 12.6. The molecule has 0 aromatic heterocycles. The van der Waals surface area contributed by atoms with Crippen LogP contribution in [0.15, 0.2) is 48.5 Å². The van der Waals surface area contributed by atoms with Gasteiger partial charge in [0.05, 0.1) is 0 Å². The van der Waals surface area contributed by atoms with Gasteiger partial charge in [-0.05, 0) is 61.2 Å². The van der Waals surface area contributed by atoms with Crippen molar-refractivity contribution in [1.29, 1.82) is 0 Å². The minimum atomic E-state index is 0.230. The van der Waals surface area contributed by atoms with Crippen molar-refractivity contribution >= 4 is 17.2 Å². The smallest absolute Gasteiger partial charge is 0.163 e. The summed E-state index contributed by atoms with van der Waals surface area (Å²) in [6, 6.07) is 16.9. The molecule has 2 aliphatic rings. The highest BCUT2D eigenvalue weighted by atomic mass is 16.1. The van der Waals surface area contributed by atoms with Gasteiger partial charge in [0.15, 0.2) is 5.78 Å². The average Bonchev–Trinajstić information content (AvgIpc) is 3.28. The zero-order chi connectivity index (χ0) is 18.5. The Bertz CT molecular complexity index is 759. The number of carbonyl (C=O) groups excluding carboxylic acids is 1. The Hall–Kier alpha value is -2.33. The Morgan fingerprint density at radius 3 is 2.30 bits per heavy atom. The molecule has 2 aromatic carbocycles.